The van der Waals surface area contributed by atoms with E-state index < -0.39 is 12.0 Å². The first-order valence-electron chi connectivity index (χ1n) is 10.7. The van der Waals surface area contributed by atoms with Crippen LogP contribution >= 0.6 is 0 Å². The van der Waals surface area contributed by atoms with Gasteiger partial charge in [0.05, 0.1) is 26.2 Å². The molecule has 0 fully saturated rings. The number of aromatic nitrogens is 3. The maximum atomic E-state index is 13.6. The number of ether oxygens (including phenoxy) is 2. The molecule has 4 rings (SSSR count). The molecule has 3 aromatic rings. The molecule has 9 nitrogen and oxygen atoms in total. The number of H-pyrrole nitrogens is 1. The first-order valence-corrected chi connectivity index (χ1v) is 10.7. The highest BCUT2D eigenvalue weighted by Crippen LogP contribution is 2.44. The zero-order chi connectivity index (χ0) is 23.7. The lowest BCUT2D eigenvalue weighted by molar-refractivity contribution is -0.119. The molecule has 0 bridgehead atoms. The molecule has 0 saturated carbocycles. The molecule has 0 saturated heterocycles. The van der Waals surface area contributed by atoms with E-state index in [0.29, 0.717) is 28.5 Å². The van der Waals surface area contributed by atoms with Crippen LogP contribution in [0.25, 0.3) is 0 Å². The molecular formula is C24H27N5O4. The average Bonchev–Trinajstić information content (AvgIpc) is 3.29. The van der Waals surface area contributed by atoms with Crippen LogP contribution in [0.2, 0.25) is 0 Å². The van der Waals surface area contributed by atoms with Crippen LogP contribution in [-0.4, -0.2) is 53.2 Å². The Hall–Kier alpha value is -3.88. The van der Waals surface area contributed by atoms with E-state index in [1.165, 1.54) is 0 Å². The number of nitrogens with one attached hydrogen (secondary N) is 2. The van der Waals surface area contributed by atoms with Gasteiger partial charge in [-0.05, 0) is 29.3 Å². The third kappa shape index (κ3) is 4.02. The van der Waals surface area contributed by atoms with Crippen LogP contribution in [0.3, 0.4) is 0 Å². The summed E-state index contributed by atoms with van der Waals surface area (Å²) < 4.78 is 10.8. The molecule has 0 aliphatic carbocycles. The van der Waals surface area contributed by atoms with Crippen molar-refractivity contribution in [2.24, 2.45) is 0 Å². The lowest BCUT2D eigenvalue weighted by Gasteiger charge is -2.39. The summed E-state index contributed by atoms with van der Waals surface area (Å²) >= 11 is 0. The Morgan fingerprint density at radius 2 is 1.85 bits per heavy atom. The van der Waals surface area contributed by atoms with Gasteiger partial charge in [-0.15, -0.1) is 5.10 Å². The highest BCUT2D eigenvalue weighted by molar-refractivity contribution is 6.03. The lowest BCUT2D eigenvalue weighted by Crippen LogP contribution is -2.44. The largest absolute Gasteiger partial charge is 0.493 e. The van der Waals surface area contributed by atoms with Gasteiger partial charge in [-0.2, -0.15) is 4.98 Å². The van der Waals surface area contributed by atoms with E-state index in [2.05, 4.69) is 20.5 Å². The van der Waals surface area contributed by atoms with Crippen LogP contribution in [-0.2, 0) is 4.79 Å². The van der Waals surface area contributed by atoms with Crippen LogP contribution in [0, 0.1) is 0 Å². The van der Waals surface area contributed by atoms with Crippen molar-refractivity contribution in [3.8, 4) is 11.5 Å². The number of likely N-dealkylation sites (N-methyl/N-ethyl adjacent to an activating group) is 1. The minimum Gasteiger partial charge on any atom is -0.493 e. The van der Waals surface area contributed by atoms with Crippen molar-refractivity contribution in [3.05, 3.63) is 65.0 Å². The van der Waals surface area contributed by atoms with Crippen molar-refractivity contribution in [2.45, 2.75) is 31.7 Å². The van der Waals surface area contributed by atoms with Gasteiger partial charge >= 0.3 is 0 Å². The van der Waals surface area contributed by atoms with Gasteiger partial charge in [0, 0.05) is 18.5 Å². The van der Waals surface area contributed by atoms with Gasteiger partial charge in [0.15, 0.2) is 11.5 Å². The molecule has 2 atom stereocenters. The summed E-state index contributed by atoms with van der Waals surface area (Å²) in [6.45, 7) is 3.97. The molecule has 0 radical (unpaired) electrons. The normalized spacial score (nSPS) is 17.6. The van der Waals surface area contributed by atoms with Gasteiger partial charge in [0.25, 0.3) is 5.91 Å². The first-order chi connectivity index (χ1) is 15.8. The molecular weight excluding hydrogens is 422 g/mol. The van der Waals surface area contributed by atoms with E-state index >= 15 is 0 Å². The number of carbonyl (C=O) groups excluding carboxylic acids is 2. The Balaban J connectivity index is 1.79. The molecule has 2 heterocycles. The lowest BCUT2D eigenvalue weighted by atomic mass is 9.79. The summed E-state index contributed by atoms with van der Waals surface area (Å²) in [5.41, 5.74) is 1.89. The van der Waals surface area contributed by atoms with Crippen molar-refractivity contribution in [1.82, 2.24) is 20.1 Å². The van der Waals surface area contributed by atoms with Crippen LogP contribution in [0.15, 0.2) is 42.5 Å². The van der Waals surface area contributed by atoms with Gasteiger partial charge < -0.3 is 14.4 Å². The minimum absolute atomic E-state index is 0.141. The Morgan fingerprint density at radius 3 is 2.52 bits per heavy atom. The first kappa shape index (κ1) is 22.3. The molecule has 33 heavy (non-hydrogen) atoms. The van der Waals surface area contributed by atoms with Gasteiger partial charge in [-0.1, -0.05) is 38.1 Å². The Morgan fingerprint density at radius 1 is 1.12 bits per heavy atom. The molecule has 1 aromatic heterocycles. The maximum Gasteiger partial charge on any atom is 0.254 e. The number of aromatic amines is 1. The van der Waals surface area contributed by atoms with E-state index in [0.717, 1.165) is 5.56 Å². The number of amides is 2. The summed E-state index contributed by atoms with van der Waals surface area (Å²) in [4.78, 5) is 32.8. The molecule has 1 aliphatic rings. The second kappa shape index (κ2) is 8.93. The van der Waals surface area contributed by atoms with Crippen molar-refractivity contribution >= 4 is 17.8 Å². The molecule has 2 amide bonds. The number of carbonyl (C=O) groups is 2. The van der Waals surface area contributed by atoms with Crippen LogP contribution in [0.5, 0.6) is 11.5 Å². The Bertz CT molecular complexity index is 1190. The van der Waals surface area contributed by atoms with Crippen molar-refractivity contribution < 1.29 is 19.1 Å². The van der Waals surface area contributed by atoms with Crippen LogP contribution in [0.1, 0.15) is 59.0 Å². The number of hydrogen-bond acceptors (Lipinski definition) is 6. The highest BCUT2D eigenvalue weighted by Gasteiger charge is 2.43. The number of anilines is 1. The summed E-state index contributed by atoms with van der Waals surface area (Å²) in [7, 11) is 4.80. The molecule has 0 spiro atoms. The smallest absolute Gasteiger partial charge is 0.254 e. The summed E-state index contributed by atoms with van der Waals surface area (Å²) in [6, 6.07) is 12.0. The SMILES string of the molecule is COc1ccc([C@@H]2[C@H](C(=O)Nc3n[nH]c(C(C)C)n3)c3ccccc3C(=O)N2C)cc1OC. The second-order valence-electron chi connectivity index (χ2n) is 8.23. The van der Waals surface area contributed by atoms with Gasteiger partial charge in [0.2, 0.25) is 11.9 Å². The fraction of sp³-hybridized carbons (Fsp3) is 0.333. The fourth-order valence-corrected chi connectivity index (χ4v) is 4.19. The van der Waals surface area contributed by atoms with Crippen molar-refractivity contribution in [2.75, 3.05) is 26.6 Å². The molecule has 2 aromatic carbocycles. The van der Waals surface area contributed by atoms with Gasteiger partial charge in [-0.3, -0.25) is 20.0 Å². The fourth-order valence-electron chi connectivity index (χ4n) is 4.19. The monoisotopic (exact) mass is 449 g/mol. The standard InChI is InChI=1S/C24H27N5O4/c1-13(2)21-25-24(28-27-21)26-22(30)19-15-8-6-7-9-16(15)23(31)29(3)20(19)14-10-11-17(32-4)18(12-14)33-5/h6-13,19-20H,1-5H3,(H2,25,26,27,28,30)/t19-,20-/m1/s1. The second-order valence-corrected chi connectivity index (χ2v) is 8.23. The zero-order valence-corrected chi connectivity index (χ0v) is 19.2. The quantitative estimate of drug-likeness (QED) is 0.596. The van der Waals surface area contributed by atoms with Gasteiger partial charge in [0.1, 0.15) is 5.82 Å². The highest BCUT2D eigenvalue weighted by atomic mass is 16.5. The molecule has 1 aliphatic heterocycles. The number of rotatable bonds is 6. The number of nitrogens with zero attached hydrogens (tertiary/aromatic N) is 3. The zero-order valence-electron chi connectivity index (χ0n) is 19.2. The van der Waals surface area contributed by atoms with Crippen LogP contribution < -0.4 is 14.8 Å². The Kier molecular flexibility index (Phi) is 6.04. The minimum atomic E-state index is -0.692. The molecule has 9 heteroatoms. The number of methoxy groups -OCH3 is 2. The van der Waals surface area contributed by atoms with Crippen LogP contribution in [0.4, 0.5) is 5.95 Å². The molecule has 0 unspecified atom stereocenters. The average molecular weight is 450 g/mol. The summed E-state index contributed by atoms with van der Waals surface area (Å²) in [5.74, 6) is 0.943. The number of benzene rings is 2. The van der Waals surface area contributed by atoms with E-state index in [1.807, 2.05) is 32.0 Å². The third-order valence-electron chi connectivity index (χ3n) is 5.90. The third-order valence-corrected chi connectivity index (χ3v) is 5.90. The van der Waals surface area contributed by atoms with Crippen molar-refractivity contribution in [1.29, 1.82) is 0 Å². The predicted molar refractivity (Wildman–Crippen MR) is 123 cm³/mol. The van der Waals surface area contributed by atoms with E-state index in [-0.39, 0.29) is 23.7 Å². The number of fused-ring (bicyclic) bond motifs is 1. The predicted octanol–water partition coefficient (Wildman–Crippen LogP) is 3.49. The van der Waals surface area contributed by atoms with Gasteiger partial charge in [-0.25, -0.2) is 0 Å². The Labute approximate surface area is 192 Å². The molecule has 2 N–H and O–H groups in total. The summed E-state index contributed by atoms with van der Waals surface area (Å²) in [6.07, 6.45) is 0. The topological polar surface area (TPSA) is 109 Å². The van der Waals surface area contributed by atoms with E-state index in [4.69, 9.17) is 9.47 Å². The molecule has 172 valence electrons. The van der Waals surface area contributed by atoms with E-state index in [1.54, 1.807) is 50.4 Å². The van der Waals surface area contributed by atoms with Crippen molar-refractivity contribution in [3.63, 3.8) is 0 Å². The maximum absolute atomic E-state index is 13.6. The van der Waals surface area contributed by atoms with E-state index in [9.17, 15) is 9.59 Å². The summed E-state index contributed by atoms with van der Waals surface area (Å²) in [5, 5.41) is 9.80. The number of hydrogen-bond donors (Lipinski definition) is 2.